The zero-order valence-corrected chi connectivity index (χ0v) is 12.4. The third-order valence-electron chi connectivity index (χ3n) is 3.32. The third kappa shape index (κ3) is 3.26. The van der Waals surface area contributed by atoms with E-state index in [0.29, 0.717) is 0 Å². The lowest BCUT2D eigenvalue weighted by Crippen LogP contribution is -1.96. The molecular weight excluding hydrogens is 250 g/mol. The molecular formula is C16H21N3O. The number of benzene rings is 1. The molecule has 0 radical (unpaired) electrons. The molecule has 0 saturated carbocycles. The zero-order chi connectivity index (χ0) is 14.5. The molecule has 0 amide bonds. The van der Waals surface area contributed by atoms with Crippen molar-refractivity contribution in [3.8, 4) is 11.4 Å². The minimum atomic E-state index is 0.744. The van der Waals surface area contributed by atoms with Crippen LogP contribution in [0.1, 0.15) is 24.7 Å². The predicted octanol–water partition coefficient (Wildman–Crippen LogP) is 3.14. The zero-order valence-electron chi connectivity index (χ0n) is 12.4. The van der Waals surface area contributed by atoms with Gasteiger partial charge in [-0.2, -0.15) is 5.10 Å². The lowest BCUT2D eigenvalue weighted by Gasteiger charge is -2.02. The van der Waals surface area contributed by atoms with Crippen molar-refractivity contribution in [2.45, 2.75) is 26.2 Å². The Morgan fingerprint density at radius 2 is 2.20 bits per heavy atom. The van der Waals surface area contributed by atoms with Crippen LogP contribution in [-0.2, 0) is 24.6 Å². The molecule has 0 aliphatic rings. The molecule has 1 aromatic heterocycles. The molecule has 0 atom stereocenters. The fourth-order valence-electron chi connectivity index (χ4n) is 2.08. The topological polar surface area (TPSA) is 39.9 Å². The molecule has 0 aliphatic heterocycles. The molecule has 0 aliphatic carbocycles. The Bertz CT molecular complexity index is 602. The summed E-state index contributed by atoms with van der Waals surface area (Å²) in [6.45, 7) is 5.96. The molecule has 4 heteroatoms. The second-order valence-corrected chi connectivity index (χ2v) is 4.77. The molecule has 0 bridgehead atoms. The van der Waals surface area contributed by atoms with Gasteiger partial charge in [0, 0.05) is 25.5 Å². The molecule has 0 fully saturated rings. The van der Waals surface area contributed by atoms with E-state index in [0.717, 1.165) is 42.2 Å². The maximum absolute atomic E-state index is 5.07. The van der Waals surface area contributed by atoms with Gasteiger partial charge in [-0.05, 0) is 18.1 Å². The average Bonchev–Trinajstić information content (AvgIpc) is 2.86. The van der Waals surface area contributed by atoms with Crippen molar-refractivity contribution in [2.75, 3.05) is 7.11 Å². The monoisotopic (exact) mass is 271 g/mol. The van der Waals surface area contributed by atoms with Crippen LogP contribution in [-0.4, -0.2) is 21.9 Å². The second-order valence-electron chi connectivity index (χ2n) is 4.77. The van der Waals surface area contributed by atoms with Gasteiger partial charge in [0.1, 0.15) is 0 Å². The fraction of sp³-hybridized carbons (Fsp3) is 0.375. The summed E-state index contributed by atoms with van der Waals surface area (Å²) < 4.78 is 6.90. The van der Waals surface area contributed by atoms with Crippen LogP contribution in [0.3, 0.4) is 0 Å². The first kappa shape index (κ1) is 14.3. The largest absolute Gasteiger partial charge is 0.502 e. The molecule has 0 spiro atoms. The van der Waals surface area contributed by atoms with Gasteiger partial charge in [-0.15, -0.1) is 0 Å². The predicted molar refractivity (Wildman–Crippen MR) is 80.3 cm³/mol. The summed E-state index contributed by atoms with van der Waals surface area (Å²) in [4.78, 5) is 4.62. The Kier molecular flexibility index (Phi) is 4.56. The van der Waals surface area contributed by atoms with E-state index in [1.54, 1.807) is 7.11 Å². The van der Waals surface area contributed by atoms with Crippen LogP contribution in [0.25, 0.3) is 11.4 Å². The second kappa shape index (κ2) is 6.37. The number of ether oxygens (including phenoxy) is 1. The molecule has 0 saturated heterocycles. The highest BCUT2D eigenvalue weighted by atomic mass is 16.5. The average molecular weight is 271 g/mol. The number of nitrogens with zero attached hydrogens (tertiary/aromatic N) is 3. The molecule has 2 rings (SSSR count). The summed E-state index contributed by atoms with van der Waals surface area (Å²) >= 11 is 0. The van der Waals surface area contributed by atoms with Crippen LogP contribution in [0, 0.1) is 0 Å². The van der Waals surface area contributed by atoms with Gasteiger partial charge < -0.3 is 4.74 Å². The Morgan fingerprint density at radius 1 is 1.40 bits per heavy atom. The quantitative estimate of drug-likeness (QED) is 0.758. The lowest BCUT2D eigenvalue weighted by molar-refractivity contribution is 0.278. The lowest BCUT2D eigenvalue weighted by atomic mass is 10.1. The van der Waals surface area contributed by atoms with Gasteiger partial charge in [-0.3, -0.25) is 0 Å². The van der Waals surface area contributed by atoms with Crippen molar-refractivity contribution in [3.63, 3.8) is 0 Å². The Balaban J connectivity index is 2.20. The standard InChI is InChI=1S/C16H21N3O/c1-5-13-7-6-8-14(11-13)16-17-15(18-19(16)3)10-9-12(2)20-4/h6-8,11H,2,5,9-10H2,1,3-4H3. The summed E-state index contributed by atoms with van der Waals surface area (Å²) in [5.41, 5.74) is 2.41. The highest BCUT2D eigenvalue weighted by Crippen LogP contribution is 2.19. The normalized spacial score (nSPS) is 10.6. The first-order valence-electron chi connectivity index (χ1n) is 6.85. The van der Waals surface area contributed by atoms with Crippen LogP contribution in [0.2, 0.25) is 0 Å². The highest BCUT2D eigenvalue weighted by molar-refractivity contribution is 5.56. The third-order valence-corrected chi connectivity index (χ3v) is 3.32. The molecule has 4 nitrogen and oxygen atoms in total. The van der Waals surface area contributed by atoms with Crippen LogP contribution >= 0.6 is 0 Å². The van der Waals surface area contributed by atoms with Crippen LogP contribution < -0.4 is 0 Å². The van der Waals surface area contributed by atoms with Crippen molar-refractivity contribution in [1.82, 2.24) is 14.8 Å². The number of hydrogen-bond acceptors (Lipinski definition) is 3. The Morgan fingerprint density at radius 3 is 2.90 bits per heavy atom. The van der Waals surface area contributed by atoms with Gasteiger partial charge in [0.05, 0.1) is 12.9 Å². The molecule has 20 heavy (non-hydrogen) atoms. The molecule has 2 aromatic rings. The van der Waals surface area contributed by atoms with Crippen LogP contribution in [0.5, 0.6) is 0 Å². The molecule has 106 valence electrons. The maximum Gasteiger partial charge on any atom is 0.158 e. The molecule has 0 unspecified atom stereocenters. The van der Waals surface area contributed by atoms with E-state index in [1.807, 2.05) is 11.7 Å². The number of methoxy groups -OCH3 is 1. The molecule has 1 aromatic carbocycles. The van der Waals surface area contributed by atoms with E-state index < -0.39 is 0 Å². The number of rotatable bonds is 6. The van der Waals surface area contributed by atoms with Gasteiger partial charge >= 0.3 is 0 Å². The Labute approximate surface area is 120 Å². The summed E-state index contributed by atoms with van der Waals surface area (Å²) in [7, 11) is 3.56. The van der Waals surface area contributed by atoms with Crippen molar-refractivity contribution < 1.29 is 4.74 Å². The maximum atomic E-state index is 5.07. The number of allylic oxidation sites excluding steroid dienone is 1. The van der Waals surface area contributed by atoms with Crippen LogP contribution in [0.4, 0.5) is 0 Å². The summed E-state index contributed by atoms with van der Waals surface area (Å²) in [5.74, 6) is 2.48. The van der Waals surface area contributed by atoms with E-state index in [4.69, 9.17) is 4.74 Å². The molecule has 0 N–H and O–H groups in total. The van der Waals surface area contributed by atoms with E-state index >= 15 is 0 Å². The number of aryl methyl sites for hydroxylation is 3. The van der Waals surface area contributed by atoms with Crippen molar-refractivity contribution in [1.29, 1.82) is 0 Å². The van der Waals surface area contributed by atoms with Gasteiger partial charge in [0.2, 0.25) is 0 Å². The van der Waals surface area contributed by atoms with E-state index in [2.05, 4.69) is 47.9 Å². The van der Waals surface area contributed by atoms with E-state index in [-0.39, 0.29) is 0 Å². The van der Waals surface area contributed by atoms with E-state index in [9.17, 15) is 0 Å². The SMILES string of the molecule is C=C(CCc1nc(-c2cccc(CC)c2)n(C)n1)OC. The summed E-state index contributed by atoms with van der Waals surface area (Å²) in [6.07, 6.45) is 2.51. The van der Waals surface area contributed by atoms with Gasteiger partial charge in [-0.25, -0.2) is 9.67 Å². The smallest absolute Gasteiger partial charge is 0.158 e. The van der Waals surface area contributed by atoms with Crippen molar-refractivity contribution >= 4 is 0 Å². The van der Waals surface area contributed by atoms with Gasteiger partial charge in [0.25, 0.3) is 0 Å². The number of aromatic nitrogens is 3. The summed E-state index contributed by atoms with van der Waals surface area (Å²) in [5, 5.41) is 4.46. The van der Waals surface area contributed by atoms with Gasteiger partial charge in [0.15, 0.2) is 11.6 Å². The Hall–Kier alpha value is -2.10. The highest BCUT2D eigenvalue weighted by Gasteiger charge is 2.10. The van der Waals surface area contributed by atoms with Crippen molar-refractivity contribution in [3.05, 3.63) is 48.0 Å². The fourth-order valence-corrected chi connectivity index (χ4v) is 2.08. The first-order chi connectivity index (χ1) is 9.63. The minimum absolute atomic E-state index is 0.744. The van der Waals surface area contributed by atoms with Crippen molar-refractivity contribution in [2.24, 2.45) is 7.05 Å². The first-order valence-corrected chi connectivity index (χ1v) is 6.85. The summed E-state index contributed by atoms with van der Waals surface area (Å²) in [6, 6.07) is 8.43. The van der Waals surface area contributed by atoms with Crippen LogP contribution in [0.15, 0.2) is 36.6 Å². The minimum Gasteiger partial charge on any atom is -0.502 e. The number of hydrogen-bond donors (Lipinski definition) is 0. The van der Waals surface area contributed by atoms with Gasteiger partial charge in [-0.1, -0.05) is 31.7 Å². The van der Waals surface area contributed by atoms with E-state index in [1.165, 1.54) is 5.56 Å². The molecule has 1 heterocycles.